The topological polar surface area (TPSA) is 70.6 Å². The zero-order valence-electron chi connectivity index (χ0n) is 11.1. The number of halogens is 2. The molecule has 0 unspecified atom stereocenters. The highest BCUT2D eigenvalue weighted by atomic mass is 79.9. The molecule has 0 heterocycles. The number of rotatable bonds is 6. The SMILES string of the molecule is CC(C)(CCCNc1c(Br)cccc1Br)/C(N)=N/O. The molecule has 0 spiro atoms. The second-order valence-corrected chi connectivity index (χ2v) is 6.70. The molecule has 0 saturated carbocycles. The van der Waals surface area contributed by atoms with Crippen LogP contribution in [0, 0.1) is 5.41 Å². The number of hydrogen-bond acceptors (Lipinski definition) is 3. The number of anilines is 1. The van der Waals surface area contributed by atoms with Crippen molar-refractivity contribution in [3.63, 3.8) is 0 Å². The van der Waals surface area contributed by atoms with E-state index in [0.29, 0.717) is 0 Å². The van der Waals surface area contributed by atoms with Crippen molar-refractivity contribution in [2.75, 3.05) is 11.9 Å². The van der Waals surface area contributed by atoms with Gasteiger partial charge in [0.2, 0.25) is 0 Å². The minimum absolute atomic E-state index is 0.273. The third-order valence-corrected chi connectivity index (χ3v) is 4.37. The van der Waals surface area contributed by atoms with Gasteiger partial charge in [-0.3, -0.25) is 0 Å². The number of oxime groups is 1. The highest BCUT2D eigenvalue weighted by molar-refractivity contribution is 9.11. The molecule has 0 aromatic heterocycles. The highest BCUT2D eigenvalue weighted by Gasteiger charge is 2.22. The van der Waals surface area contributed by atoms with Gasteiger partial charge in [-0.05, 0) is 56.8 Å². The molecule has 0 bridgehead atoms. The van der Waals surface area contributed by atoms with Gasteiger partial charge in [0.15, 0.2) is 0 Å². The van der Waals surface area contributed by atoms with Gasteiger partial charge in [-0.2, -0.15) is 0 Å². The van der Waals surface area contributed by atoms with E-state index in [1.807, 2.05) is 32.0 Å². The fourth-order valence-corrected chi connectivity index (χ4v) is 2.95. The maximum Gasteiger partial charge on any atom is 0.144 e. The Bertz CT molecular complexity index is 441. The van der Waals surface area contributed by atoms with Crippen molar-refractivity contribution < 1.29 is 5.21 Å². The molecule has 0 fully saturated rings. The molecule has 1 aromatic rings. The summed E-state index contributed by atoms with van der Waals surface area (Å²) < 4.78 is 2.05. The van der Waals surface area contributed by atoms with Crippen molar-refractivity contribution in [3.05, 3.63) is 27.1 Å². The van der Waals surface area contributed by atoms with E-state index >= 15 is 0 Å². The van der Waals surface area contributed by atoms with Gasteiger partial charge in [0, 0.05) is 20.9 Å². The summed E-state index contributed by atoms with van der Waals surface area (Å²) in [6.07, 6.45) is 1.77. The van der Waals surface area contributed by atoms with Gasteiger partial charge in [-0.15, -0.1) is 0 Å². The first-order valence-electron chi connectivity index (χ1n) is 6.04. The second-order valence-electron chi connectivity index (χ2n) is 5.00. The van der Waals surface area contributed by atoms with Crippen LogP contribution in [-0.4, -0.2) is 17.6 Å². The van der Waals surface area contributed by atoms with E-state index in [2.05, 4.69) is 42.3 Å². The lowest BCUT2D eigenvalue weighted by atomic mass is 9.86. The summed E-state index contributed by atoms with van der Waals surface area (Å²) in [5, 5.41) is 15.2. The van der Waals surface area contributed by atoms with Crippen LogP contribution in [0.4, 0.5) is 5.69 Å². The molecule has 0 amide bonds. The van der Waals surface area contributed by atoms with E-state index in [4.69, 9.17) is 10.9 Å². The van der Waals surface area contributed by atoms with Gasteiger partial charge in [0.1, 0.15) is 5.84 Å². The number of nitrogens with zero attached hydrogens (tertiary/aromatic N) is 1. The quantitative estimate of drug-likeness (QED) is 0.223. The Kier molecular flexibility index (Phi) is 6.13. The lowest BCUT2D eigenvalue weighted by Gasteiger charge is -2.22. The van der Waals surface area contributed by atoms with Gasteiger partial charge in [-0.25, -0.2) is 0 Å². The third kappa shape index (κ3) is 4.69. The summed E-state index contributed by atoms with van der Waals surface area (Å²) in [6.45, 7) is 4.76. The Balaban J connectivity index is 2.48. The fraction of sp³-hybridized carbons (Fsp3) is 0.462. The van der Waals surface area contributed by atoms with Crippen molar-refractivity contribution in [1.29, 1.82) is 0 Å². The maximum atomic E-state index is 8.71. The van der Waals surface area contributed by atoms with Crippen LogP contribution in [0.2, 0.25) is 0 Å². The normalized spacial score (nSPS) is 12.5. The largest absolute Gasteiger partial charge is 0.409 e. The van der Waals surface area contributed by atoms with Crippen molar-refractivity contribution in [2.24, 2.45) is 16.3 Å². The predicted octanol–water partition coefficient (Wildman–Crippen LogP) is 4.18. The van der Waals surface area contributed by atoms with E-state index < -0.39 is 0 Å². The molecule has 1 rings (SSSR count). The Morgan fingerprint density at radius 3 is 2.47 bits per heavy atom. The van der Waals surface area contributed by atoms with Crippen LogP contribution >= 0.6 is 31.9 Å². The Morgan fingerprint density at radius 2 is 1.95 bits per heavy atom. The van der Waals surface area contributed by atoms with Crippen LogP contribution in [0.15, 0.2) is 32.3 Å². The molecule has 4 nitrogen and oxygen atoms in total. The van der Waals surface area contributed by atoms with Gasteiger partial charge in [-0.1, -0.05) is 25.1 Å². The summed E-state index contributed by atoms with van der Waals surface area (Å²) in [7, 11) is 0. The Labute approximate surface area is 130 Å². The van der Waals surface area contributed by atoms with Crippen molar-refractivity contribution in [3.8, 4) is 0 Å². The average molecular weight is 393 g/mol. The number of nitrogens with two attached hydrogens (primary N) is 1. The summed E-state index contributed by atoms with van der Waals surface area (Å²) in [6, 6.07) is 5.96. The summed E-state index contributed by atoms with van der Waals surface area (Å²) in [4.78, 5) is 0. The zero-order valence-corrected chi connectivity index (χ0v) is 14.3. The molecule has 4 N–H and O–H groups in total. The molecular weight excluding hydrogens is 374 g/mol. The van der Waals surface area contributed by atoms with Crippen LogP contribution in [0.25, 0.3) is 0 Å². The molecule has 1 aromatic carbocycles. The number of nitrogens with one attached hydrogen (secondary N) is 1. The summed E-state index contributed by atoms with van der Waals surface area (Å²) in [5.74, 6) is 0.273. The van der Waals surface area contributed by atoms with Crippen LogP contribution in [-0.2, 0) is 0 Å². The number of para-hydroxylation sites is 1. The van der Waals surface area contributed by atoms with Gasteiger partial charge < -0.3 is 16.3 Å². The molecular formula is C13H19Br2N3O. The van der Waals surface area contributed by atoms with Gasteiger partial charge >= 0.3 is 0 Å². The number of hydrogen-bond donors (Lipinski definition) is 3. The van der Waals surface area contributed by atoms with Crippen molar-refractivity contribution >= 4 is 43.4 Å². The molecule has 0 aliphatic carbocycles. The van der Waals surface area contributed by atoms with E-state index in [1.54, 1.807) is 0 Å². The van der Waals surface area contributed by atoms with Crippen LogP contribution in [0.5, 0.6) is 0 Å². The molecule has 0 aliphatic rings. The number of amidine groups is 1. The Hall–Kier alpha value is -0.750. The lowest BCUT2D eigenvalue weighted by molar-refractivity contribution is 0.305. The van der Waals surface area contributed by atoms with E-state index in [9.17, 15) is 0 Å². The molecule has 0 aliphatic heterocycles. The number of benzene rings is 1. The van der Waals surface area contributed by atoms with Gasteiger partial charge in [0.05, 0.1) is 5.69 Å². The smallest absolute Gasteiger partial charge is 0.144 e. The summed E-state index contributed by atoms with van der Waals surface area (Å²) in [5.41, 5.74) is 6.41. The van der Waals surface area contributed by atoms with E-state index in [-0.39, 0.29) is 11.3 Å². The van der Waals surface area contributed by atoms with E-state index in [1.165, 1.54) is 0 Å². The van der Waals surface area contributed by atoms with Crippen LogP contribution in [0.3, 0.4) is 0 Å². The Morgan fingerprint density at radius 1 is 1.37 bits per heavy atom. The molecule has 0 saturated heterocycles. The molecule has 106 valence electrons. The van der Waals surface area contributed by atoms with Crippen molar-refractivity contribution in [2.45, 2.75) is 26.7 Å². The third-order valence-electron chi connectivity index (χ3n) is 3.04. The first-order chi connectivity index (χ1) is 8.88. The average Bonchev–Trinajstić information content (AvgIpc) is 2.36. The van der Waals surface area contributed by atoms with Crippen LogP contribution in [0.1, 0.15) is 26.7 Å². The first-order valence-corrected chi connectivity index (χ1v) is 7.63. The van der Waals surface area contributed by atoms with Crippen LogP contribution < -0.4 is 11.1 Å². The minimum Gasteiger partial charge on any atom is -0.409 e. The second kappa shape index (κ2) is 7.14. The molecule has 19 heavy (non-hydrogen) atoms. The molecule has 0 atom stereocenters. The minimum atomic E-state index is -0.290. The van der Waals surface area contributed by atoms with Crippen molar-refractivity contribution in [1.82, 2.24) is 0 Å². The fourth-order valence-electron chi connectivity index (χ4n) is 1.67. The maximum absolute atomic E-state index is 8.71. The predicted molar refractivity (Wildman–Crippen MR) is 86.8 cm³/mol. The standard InChI is InChI=1S/C13H19Br2N3O/c1-13(2,12(16)18-19)7-4-8-17-11-9(14)5-3-6-10(11)15/h3,5-6,17,19H,4,7-8H2,1-2H3,(H2,16,18). The molecule has 6 heteroatoms. The van der Waals surface area contributed by atoms with E-state index in [0.717, 1.165) is 34.0 Å². The lowest BCUT2D eigenvalue weighted by Crippen LogP contribution is -2.32. The first kappa shape index (κ1) is 16.3. The molecule has 0 radical (unpaired) electrons. The highest BCUT2D eigenvalue weighted by Crippen LogP contribution is 2.30. The monoisotopic (exact) mass is 391 g/mol. The summed E-state index contributed by atoms with van der Waals surface area (Å²) >= 11 is 7.02. The zero-order chi connectivity index (χ0) is 14.5. The van der Waals surface area contributed by atoms with Gasteiger partial charge in [0.25, 0.3) is 0 Å².